The fourth-order valence-electron chi connectivity index (χ4n) is 4.22. The first kappa shape index (κ1) is 70.0. The highest BCUT2D eigenvalue weighted by atomic mass is 28.5. The molecule has 0 bridgehead atoms. The van der Waals surface area contributed by atoms with Gasteiger partial charge in [0.15, 0.2) is 33.3 Å². The first-order chi connectivity index (χ1) is 14.2. The van der Waals surface area contributed by atoms with Crippen molar-refractivity contribution in [3.63, 3.8) is 0 Å². The molecule has 14 heteroatoms. The summed E-state index contributed by atoms with van der Waals surface area (Å²) < 4.78 is 37.4. The second-order valence-electron chi connectivity index (χ2n) is 14.7. The Morgan fingerprint density at radius 2 is 0.286 bits per heavy atom. The number of hydrogen-bond acceptors (Lipinski definition) is 6. The van der Waals surface area contributed by atoms with E-state index in [0.717, 1.165) is 0 Å². The molecule has 6 nitrogen and oxygen atoms in total. The summed E-state index contributed by atoms with van der Waals surface area (Å²) in [7, 11) is -14.4. The number of hydrogen-bond donors (Lipinski definition) is 0. The summed E-state index contributed by atoms with van der Waals surface area (Å²) in [6.45, 7) is 43.5. The molecule has 0 amide bonds. The summed E-state index contributed by atoms with van der Waals surface area (Å²) in [5, 5.41) is 0. The molecule has 0 aliphatic rings. The predicted molar refractivity (Wildman–Crippen MR) is 224 cm³/mol. The summed E-state index contributed by atoms with van der Waals surface area (Å²) in [6.07, 6.45) is 0. The molecule has 0 fully saturated rings. The predicted octanol–water partition coefficient (Wildman–Crippen LogP) is 13.3. The van der Waals surface area contributed by atoms with Crippen LogP contribution in [0.2, 0.25) is 131 Å². The zero-order valence-electron chi connectivity index (χ0n) is 26.4. The Bertz CT molecular complexity index is 514. The molecule has 0 atom stereocenters. The van der Waals surface area contributed by atoms with Crippen molar-refractivity contribution < 1.29 is 24.7 Å². The quantitative estimate of drug-likeness (QED) is 0.185. The highest BCUT2D eigenvalue weighted by Gasteiger charge is 2.42. The highest BCUT2D eigenvalue weighted by Crippen LogP contribution is 2.24. The first-order valence-electron chi connectivity index (χ1n) is 12.4. The van der Waals surface area contributed by atoms with Crippen LogP contribution in [0.5, 0.6) is 0 Å². The van der Waals surface area contributed by atoms with E-state index in [1.165, 1.54) is 0 Å². The molecule has 0 heterocycles. The highest BCUT2D eigenvalue weighted by molar-refractivity contribution is 6.90. The molecular weight excluding hydrogens is 657 g/mol. The van der Waals surface area contributed by atoms with Gasteiger partial charge in [0.2, 0.25) is 0 Å². The molecule has 0 saturated heterocycles. The van der Waals surface area contributed by atoms with Gasteiger partial charge in [-0.2, -0.15) is 0 Å². The van der Waals surface area contributed by atoms with E-state index in [2.05, 4.69) is 131 Å². The van der Waals surface area contributed by atoms with Gasteiger partial charge in [0.1, 0.15) is 0 Å². The van der Waals surface area contributed by atoms with Crippen LogP contribution >= 0.6 is 0 Å². The van der Waals surface area contributed by atoms with Crippen molar-refractivity contribution in [3.05, 3.63) is 0 Å². The molecule has 272 valence electrons. The maximum absolute atomic E-state index is 6.28. The van der Waals surface area contributed by atoms with Crippen LogP contribution in [-0.2, 0) is 24.7 Å². The smallest absolute Gasteiger partial charge is 0.312 e. The largest absolute Gasteiger partial charge is 0.437 e. The van der Waals surface area contributed by atoms with Crippen LogP contribution in [0.25, 0.3) is 0 Å². The minimum Gasteiger partial charge on any atom is -0.437 e. The summed E-state index contributed by atoms with van der Waals surface area (Å²) in [6, 6.07) is 0. The fraction of sp³-hybridized carbons (Fsp3) is 1.00. The normalized spacial score (nSPS) is 12.3. The molecule has 0 rings (SSSR count). The molecule has 42 heavy (non-hydrogen) atoms. The Hall–Kier alpha value is 1.50. The molecule has 0 aliphatic heterocycles. The van der Waals surface area contributed by atoms with Crippen molar-refractivity contribution in [2.24, 2.45) is 0 Å². The van der Waals surface area contributed by atoms with Gasteiger partial charge in [-0.25, -0.2) is 0 Å². The van der Waals surface area contributed by atoms with Crippen molar-refractivity contribution in [3.8, 4) is 0 Å². The minimum atomic E-state index is -2.05. The summed E-state index contributed by atoms with van der Waals surface area (Å²) in [4.78, 5) is 0. The third-order valence-electron chi connectivity index (χ3n) is 3.19. The Morgan fingerprint density at radius 1 is 0.190 bits per heavy atom. The van der Waals surface area contributed by atoms with Crippen molar-refractivity contribution in [1.29, 1.82) is 0 Å². The van der Waals surface area contributed by atoms with Crippen molar-refractivity contribution in [1.82, 2.24) is 0 Å². The molecule has 0 N–H and O–H groups in total. The van der Waals surface area contributed by atoms with Crippen molar-refractivity contribution in [2.45, 2.75) is 190 Å². The van der Waals surface area contributed by atoms with Crippen LogP contribution in [0.15, 0.2) is 0 Å². The zero-order chi connectivity index (χ0) is 28.2. The van der Waals surface area contributed by atoms with E-state index >= 15 is 0 Å². The number of rotatable bonds is 12. The Balaban J connectivity index is -0.0000000512. The average molecular weight is 750 g/mol. The zero-order valence-corrected chi connectivity index (χ0v) is 34.4. The Kier molecular flexibility index (Phi) is 39.6. The molecule has 0 aromatic rings. The minimum absolute atomic E-state index is 0. The molecule has 0 aromatic heterocycles. The maximum atomic E-state index is 6.28. The van der Waals surface area contributed by atoms with Gasteiger partial charge in [0, 0.05) is 0 Å². The second kappa shape index (κ2) is 23.8. The van der Waals surface area contributed by atoms with E-state index in [9.17, 15) is 0 Å². The molecule has 0 aromatic carbocycles. The van der Waals surface area contributed by atoms with E-state index in [1.807, 2.05) is 0 Å². The lowest BCUT2D eigenvalue weighted by molar-refractivity contribution is 0.329. The third-order valence-corrected chi connectivity index (χ3v) is 28.7. The van der Waals surface area contributed by atoms with Gasteiger partial charge < -0.3 is 24.7 Å². The van der Waals surface area contributed by atoms with Crippen molar-refractivity contribution in [2.75, 3.05) is 0 Å². The van der Waals surface area contributed by atoms with Crippen LogP contribution < -0.4 is 0 Å². The Morgan fingerprint density at radius 3 is 0.357 bits per heavy atom. The van der Waals surface area contributed by atoms with Crippen LogP contribution in [-0.4, -0.2) is 67.5 Å². The van der Waals surface area contributed by atoms with E-state index in [4.69, 9.17) is 24.7 Å². The third kappa shape index (κ3) is 48.4. The summed E-state index contributed by atoms with van der Waals surface area (Å²) in [5.41, 5.74) is 0. The summed E-state index contributed by atoms with van der Waals surface area (Å²) >= 11 is 0. The molecule has 0 spiro atoms. The average Bonchev–Trinajstić information content (AvgIpc) is 2.20. The lowest BCUT2D eigenvalue weighted by Crippen LogP contribution is -2.55. The maximum Gasteiger partial charge on any atom is 0.312 e. The van der Waals surface area contributed by atoms with Crippen molar-refractivity contribution >= 4 is 67.5 Å². The monoisotopic (exact) mass is 749 g/mol. The first-order valence-corrected chi connectivity index (χ1v) is 37.3. The molecule has 0 unspecified atom stereocenters. The van der Waals surface area contributed by atoms with E-state index in [-0.39, 0.29) is 59.4 Å². The van der Waals surface area contributed by atoms with Crippen LogP contribution in [0.1, 0.15) is 59.4 Å². The second-order valence-corrected chi connectivity index (χ2v) is 47.7. The molecule has 0 radical (unpaired) electrons. The molecule has 0 saturated carbocycles. The van der Waals surface area contributed by atoms with Crippen LogP contribution in [0.3, 0.4) is 0 Å². The van der Waals surface area contributed by atoms with Gasteiger partial charge in [0.05, 0.1) is 0 Å². The van der Waals surface area contributed by atoms with Gasteiger partial charge in [-0.05, 0) is 131 Å². The van der Waals surface area contributed by atoms with Gasteiger partial charge in [-0.3, -0.25) is 0 Å². The van der Waals surface area contributed by atoms with E-state index in [0.29, 0.717) is 0 Å². The van der Waals surface area contributed by atoms with Crippen LogP contribution in [0, 0.1) is 0 Å². The topological polar surface area (TPSA) is 55.4 Å². The molecule has 0 aliphatic carbocycles. The van der Waals surface area contributed by atoms with Gasteiger partial charge in [-0.15, -0.1) is 0 Å². The standard InChI is InChI=1S/2C10H30O3Si4.8CH4/c2*1-14(2,3)11-16(7,8)13-17(9,10)12-15(4,5)6;;;;;;;;/h2*1-10H3;8*1H4. The molecular formula is C28H92O6Si8. The van der Waals surface area contributed by atoms with Gasteiger partial charge >= 0.3 is 34.2 Å². The van der Waals surface area contributed by atoms with E-state index in [1.54, 1.807) is 0 Å². The Labute approximate surface area is 281 Å². The SMILES string of the molecule is C.C.C.C.C.C.C.C.C[Si](C)(C)O[Si](C)(C)O[Si](C)(C)O[Si](C)(C)C.C[Si](C)(C)O[Si](C)(C)O[Si](C)(C)O[Si](C)(C)C. The van der Waals surface area contributed by atoms with Crippen LogP contribution in [0.4, 0.5) is 0 Å². The van der Waals surface area contributed by atoms with Gasteiger partial charge in [-0.1, -0.05) is 59.4 Å². The van der Waals surface area contributed by atoms with Gasteiger partial charge in [0.25, 0.3) is 0 Å². The lowest BCUT2D eigenvalue weighted by atomic mass is 11.8. The summed E-state index contributed by atoms with van der Waals surface area (Å²) in [5.74, 6) is 0. The fourth-order valence-corrected chi connectivity index (χ4v) is 39.5. The van der Waals surface area contributed by atoms with E-state index < -0.39 is 67.5 Å². The lowest BCUT2D eigenvalue weighted by Gasteiger charge is -2.39.